The zero-order valence-electron chi connectivity index (χ0n) is 10.00. The molecule has 0 aliphatic carbocycles. The van der Waals surface area contributed by atoms with Crippen molar-refractivity contribution in [2.45, 2.75) is 19.0 Å². The minimum Gasteiger partial charge on any atom is -0.394 e. The van der Waals surface area contributed by atoms with Crippen LogP contribution in [-0.4, -0.2) is 63.7 Å². The van der Waals surface area contributed by atoms with Gasteiger partial charge in [0.25, 0.3) is 5.91 Å². The Kier molecular flexibility index (Phi) is 3.39. The van der Waals surface area contributed by atoms with E-state index in [1.165, 1.54) is 4.90 Å². The lowest BCUT2D eigenvalue weighted by Gasteiger charge is -2.26. The molecule has 0 saturated carbocycles. The number of likely N-dealkylation sites (N-methyl/N-ethyl adjacent to an activating group) is 1. The number of hydrogen-bond donors (Lipinski definition) is 2. The Hall–Kier alpha value is -1.47. The predicted octanol–water partition coefficient (Wildman–Crippen LogP) is -1.12. The van der Waals surface area contributed by atoms with E-state index in [9.17, 15) is 4.79 Å². The quantitative estimate of drug-likeness (QED) is 0.695. The first-order valence-electron chi connectivity index (χ1n) is 5.64. The average Bonchev–Trinajstić information content (AvgIpc) is 2.72. The fraction of sp³-hybridized carbons (Fsp3) is 0.700. The van der Waals surface area contributed by atoms with E-state index in [4.69, 9.17) is 5.11 Å². The normalized spacial score (nSPS) is 17.6. The maximum Gasteiger partial charge on any atom is 0.276 e. The van der Waals surface area contributed by atoms with Crippen molar-refractivity contribution >= 4 is 5.91 Å². The molecule has 0 radical (unpaired) electrons. The number of carbonyl (C=O) groups excluding carboxylic acids is 1. The Morgan fingerprint density at radius 2 is 2.47 bits per heavy atom. The molecule has 1 fully saturated rings. The van der Waals surface area contributed by atoms with Crippen molar-refractivity contribution in [3.05, 3.63) is 11.9 Å². The van der Waals surface area contributed by atoms with Gasteiger partial charge in [-0.25, -0.2) is 4.68 Å². The molecule has 1 aromatic heterocycles. The van der Waals surface area contributed by atoms with Gasteiger partial charge in [0.05, 0.1) is 24.9 Å². The molecule has 2 N–H and O–H groups in total. The summed E-state index contributed by atoms with van der Waals surface area (Å²) in [4.78, 5) is 13.4. The van der Waals surface area contributed by atoms with Crippen LogP contribution in [-0.2, 0) is 0 Å². The molecule has 1 amide bonds. The Morgan fingerprint density at radius 3 is 3.00 bits per heavy atom. The maximum atomic E-state index is 12.0. The van der Waals surface area contributed by atoms with E-state index in [1.54, 1.807) is 24.9 Å². The van der Waals surface area contributed by atoms with Crippen molar-refractivity contribution in [2.24, 2.45) is 0 Å². The van der Waals surface area contributed by atoms with Crippen LogP contribution < -0.4 is 5.32 Å². The second-order valence-electron chi connectivity index (χ2n) is 4.34. The van der Waals surface area contributed by atoms with Crippen molar-refractivity contribution in [1.29, 1.82) is 0 Å². The molecule has 0 spiro atoms. The molecule has 7 nitrogen and oxygen atoms in total. The molecule has 1 unspecified atom stereocenters. The van der Waals surface area contributed by atoms with Crippen LogP contribution in [0.5, 0.6) is 0 Å². The topological polar surface area (TPSA) is 83.3 Å². The zero-order chi connectivity index (χ0) is 12.4. The van der Waals surface area contributed by atoms with Gasteiger partial charge >= 0.3 is 0 Å². The monoisotopic (exact) mass is 239 g/mol. The van der Waals surface area contributed by atoms with Crippen molar-refractivity contribution in [3.8, 4) is 0 Å². The number of aromatic nitrogens is 3. The van der Waals surface area contributed by atoms with Gasteiger partial charge in [0.15, 0.2) is 5.69 Å². The Morgan fingerprint density at radius 1 is 1.76 bits per heavy atom. The van der Waals surface area contributed by atoms with Crippen molar-refractivity contribution in [2.75, 3.05) is 26.7 Å². The molecule has 1 aromatic rings. The summed E-state index contributed by atoms with van der Waals surface area (Å²) in [5.74, 6) is -0.218. The van der Waals surface area contributed by atoms with Gasteiger partial charge in [-0.1, -0.05) is 5.21 Å². The smallest absolute Gasteiger partial charge is 0.276 e. The summed E-state index contributed by atoms with van der Waals surface area (Å²) in [6.45, 7) is 3.43. The molecule has 1 aliphatic heterocycles. The summed E-state index contributed by atoms with van der Waals surface area (Å²) in [5, 5.41) is 19.9. The molecular formula is C10H17N5O2. The van der Waals surface area contributed by atoms with Crippen LogP contribution in [0.25, 0.3) is 0 Å². The number of hydrogen-bond acceptors (Lipinski definition) is 5. The van der Waals surface area contributed by atoms with E-state index < -0.39 is 0 Å². The standard InChI is InChI=1S/C10H17N5O2/c1-7(6-16)14(2)10(17)9-5-15(13-12-9)8-3-11-4-8/h5,7-8,11,16H,3-4,6H2,1-2H3. The summed E-state index contributed by atoms with van der Waals surface area (Å²) in [7, 11) is 1.65. The van der Waals surface area contributed by atoms with Gasteiger partial charge < -0.3 is 15.3 Å². The molecule has 0 aromatic carbocycles. The minimum absolute atomic E-state index is 0.0665. The minimum atomic E-state index is -0.224. The predicted molar refractivity (Wildman–Crippen MR) is 60.6 cm³/mol. The lowest BCUT2D eigenvalue weighted by Crippen LogP contribution is -2.43. The van der Waals surface area contributed by atoms with Gasteiger partial charge in [-0.15, -0.1) is 5.10 Å². The number of aliphatic hydroxyl groups excluding tert-OH is 1. The number of carbonyl (C=O) groups is 1. The lowest BCUT2D eigenvalue weighted by atomic mass is 10.2. The largest absolute Gasteiger partial charge is 0.394 e. The van der Waals surface area contributed by atoms with Crippen LogP contribution in [0, 0.1) is 0 Å². The summed E-state index contributed by atoms with van der Waals surface area (Å²) in [6.07, 6.45) is 1.66. The summed E-state index contributed by atoms with van der Waals surface area (Å²) in [6, 6.07) is 0.0719. The number of nitrogens with one attached hydrogen (secondary N) is 1. The van der Waals surface area contributed by atoms with Gasteiger partial charge in [0.2, 0.25) is 0 Å². The molecule has 7 heteroatoms. The van der Waals surface area contributed by atoms with Gasteiger partial charge in [0, 0.05) is 20.1 Å². The molecule has 94 valence electrons. The first-order valence-corrected chi connectivity index (χ1v) is 5.64. The third-order valence-corrected chi connectivity index (χ3v) is 3.11. The Bertz CT molecular complexity index is 401. The Balaban J connectivity index is 2.06. The maximum absolute atomic E-state index is 12.0. The zero-order valence-corrected chi connectivity index (χ0v) is 10.00. The SMILES string of the molecule is CC(CO)N(C)C(=O)c1cn(C2CNC2)nn1. The van der Waals surface area contributed by atoms with Gasteiger partial charge in [0.1, 0.15) is 0 Å². The van der Waals surface area contributed by atoms with Crippen molar-refractivity contribution in [3.63, 3.8) is 0 Å². The number of nitrogens with zero attached hydrogens (tertiary/aromatic N) is 4. The average molecular weight is 239 g/mol. The van der Waals surface area contributed by atoms with Gasteiger partial charge in [-0.3, -0.25) is 4.79 Å². The Labute approximate surface area is 99.4 Å². The number of rotatable bonds is 4. The molecule has 17 heavy (non-hydrogen) atoms. The fourth-order valence-corrected chi connectivity index (χ4v) is 1.52. The molecule has 2 heterocycles. The molecule has 0 bridgehead atoms. The molecule has 1 atom stereocenters. The second-order valence-corrected chi connectivity index (χ2v) is 4.34. The first kappa shape index (κ1) is 12.0. The van der Waals surface area contributed by atoms with Crippen LogP contribution in [0.15, 0.2) is 6.20 Å². The van der Waals surface area contributed by atoms with Crippen LogP contribution in [0.4, 0.5) is 0 Å². The third kappa shape index (κ3) is 2.29. The van der Waals surface area contributed by atoms with Crippen LogP contribution in [0.2, 0.25) is 0 Å². The second kappa shape index (κ2) is 4.80. The highest BCUT2D eigenvalue weighted by molar-refractivity contribution is 5.91. The van der Waals surface area contributed by atoms with Crippen LogP contribution in [0.1, 0.15) is 23.5 Å². The lowest BCUT2D eigenvalue weighted by molar-refractivity contribution is 0.0676. The highest BCUT2D eigenvalue weighted by Crippen LogP contribution is 2.11. The van der Waals surface area contributed by atoms with Gasteiger partial charge in [-0.2, -0.15) is 0 Å². The van der Waals surface area contributed by atoms with Crippen LogP contribution in [0.3, 0.4) is 0 Å². The van der Waals surface area contributed by atoms with Gasteiger partial charge in [-0.05, 0) is 6.92 Å². The number of amides is 1. The molecular weight excluding hydrogens is 222 g/mol. The van der Waals surface area contributed by atoms with E-state index >= 15 is 0 Å². The number of aliphatic hydroxyl groups is 1. The van der Waals surface area contributed by atoms with Crippen LogP contribution >= 0.6 is 0 Å². The molecule has 1 aliphatic rings. The molecule has 1 saturated heterocycles. The van der Waals surface area contributed by atoms with E-state index in [1.807, 2.05) is 0 Å². The summed E-state index contributed by atoms with van der Waals surface area (Å²) < 4.78 is 1.71. The molecule has 2 rings (SSSR count). The van der Waals surface area contributed by atoms with E-state index in [2.05, 4.69) is 15.6 Å². The summed E-state index contributed by atoms with van der Waals surface area (Å²) in [5.41, 5.74) is 0.319. The van der Waals surface area contributed by atoms with E-state index in [0.717, 1.165) is 13.1 Å². The van der Waals surface area contributed by atoms with Crippen molar-refractivity contribution in [1.82, 2.24) is 25.2 Å². The highest BCUT2D eigenvalue weighted by atomic mass is 16.3. The van der Waals surface area contributed by atoms with E-state index in [0.29, 0.717) is 11.7 Å². The van der Waals surface area contributed by atoms with E-state index in [-0.39, 0.29) is 18.6 Å². The summed E-state index contributed by atoms with van der Waals surface area (Å²) >= 11 is 0. The third-order valence-electron chi connectivity index (χ3n) is 3.11. The highest BCUT2D eigenvalue weighted by Gasteiger charge is 2.24. The first-order chi connectivity index (χ1) is 8.13. The van der Waals surface area contributed by atoms with Crippen molar-refractivity contribution < 1.29 is 9.90 Å². The fourth-order valence-electron chi connectivity index (χ4n) is 1.52.